The third kappa shape index (κ3) is 4.88. The van der Waals surface area contributed by atoms with Crippen molar-refractivity contribution in [2.75, 3.05) is 10.3 Å². The Morgan fingerprint density at radius 1 is 0.882 bits per heavy atom. The van der Waals surface area contributed by atoms with E-state index in [1.807, 2.05) is 79.7 Å². The number of amides is 4. The summed E-state index contributed by atoms with van der Waals surface area (Å²) in [5.41, 5.74) is 6.21. The molecule has 9 heteroatoms. The highest BCUT2D eigenvalue weighted by atomic mass is 35.5. The third-order valence-electron chi connectivity index (χ3n) is 11.3. The second-order valence-electron chi connectivity index (χ2n) is 13.9. The monoisotopic (exact) mass is 697 g/mol. The number of hydrazine groups is 1. The summed E-state index contributed by atoms with van der Waals surface area (Å²) in [5, 5.41) is 13.6. The fourth-order valence-electron chi connectivity index (χ4n) is 9.10. The summed E-state index contributed by atoms with van der Waals surface area (Å²) >= 11 is 6.14. The van der Waals surface area contributed by atoms with Gasteiger partial charge >= 0.3 is 0 Å². The van der Waals surface area contributed by atoms with Crippen molar-refractivity contribution >= 4 is 46.6 Å². The molecule has 0 aromatic heterocycles. The summed E-state index contributed by atoms with van der Waals surface area (Å²) < 4.78 is 0. The maximum absolute atomic E-state index is 15.3. The van der Waals surface area contributed by atoms with Crippen molar-refractivity contribution in [3.8, 4) is 5.75 Å². The maximum Gasteiger partial charge on any atom is 0.260 e. The van der Waals surface area contributed by atoms with Crippen LogP contribution in [0.25, 0.3) is 0 Å². The second-order valence-corrected chi connectivity index (χ2v) is 14.4. The highest BCUT2D eigenvalue weighted by Gasteiger charge is 2.70. The number of aryl methyl sites for hydroxylation is 1. The predicted molar refractivity (Wildman–Crippen MR) is 195 cm³/mol. The van der Waals surface area contributed by atoms with Gasteiger partial charge in [0.15, 0.2) is 0 Å². The number of rotatable bonds is 7. The van der Waals surface area contributed by atoms with Crippen LogP contribution in [0.4, 0.5) is 11.4 Å². The van der Waals surface area contributed by atoms with E-state index in [0.29, 0.717) is 39.5 Å². The van der Waals surface area contributed by atoms with Gasteiger partial charge in [-0.25, -0.2) is 0 Å². The molecule has 51 heavy (non-hydrogen) atoms. The SMILES string of the molecule is C=CCc1cccc(C2C3=CCC4C(=O)N(c5ccc(Cl)cc5)C(=O)C4C3CC3C(=O)N(Nc4ccc(C)cc4)C(=O)C32c2ccccc2)c1O. The zero-order valence-electron chi connectivity index (χ0n) is 28.0. The molecule has 0 spiro atoms. The zero-order valence-corrected chi connectivity index (χ0v) is 28.7. The van der Waals surface area contributed by atoms with E-state index in [9.17, 15) is 19.5 Å². The van der Waals surface area contributed by atoms with Crippen molar-refractivity contribution in [2.45, 2.75) is 37.5 Å². The van der Waals surface area contributed by atoms with E-state index in [-0.39, 0.29) is 30.4 Å². The van der Waals surface area contributed by atoms with Gasteiger partial charge < -0.3 is 5.11 Å². The van der Waals surface area contributed by atoms with Gasteiger partial charge in [0, 0.05) is 16.5 Å². The molecule has 4 amide bonds. The first-order valence-corrected chi connectivity index (χ1v) is 17.6. The highest BCUT2D eigenvalue weighted by Crippen LogP contribution is 2.65. The Labute approximate surface area is 301 Å². The number of allylic oxidation sites excluding steroid dienone is 3. The molecule has 4 aliphatic rings. The highest BCUT2D eigenvalue weighted by molar-refractivity contribution is 6.31. The number of anilines is 2. The van der Waals surface area contributed by atoms with Gasteiger partial charge in [0.1, 0.15) is 5.75 Å². The normalized spacial score (nSPS) is 26.8. The molecule has 6 unspecified atom stereocenters. The largest absolute Gasteiger partial charge is 0.507 e. The minimum atomic E-state index is -1.48. The first-order valence-electron chi connectivity index (χ1n) is 17.2. The molecule has 2 aliphatic heterocycles. The first-order chi connectivity index (χ1) is 24.7. The molecule has 4 aromatic carbocycles. The summed E-state index contributed by atoms with van der Waals surface area (Å²) in [6.07, 6.45) is 4.52. The minimum absolute atomic E-state index is 0.0157. The van der Waals surface area contributed by atoms with Crippen molar-refractivity contribution in [1.82, 2.24) is 5.01 Å². The summed E-state index contributed by atoms with van der Waals surface area (Å²) in [5.74, 6) is -5.20. The molecule has 1 saturated carbocycles. The van der Waals surface area contributed by atoms with Gasteiger partial charge in [-0.15, -0.1) is 6.58 Å². The van der Waals surface area contributed by atoms with Crippen LogP contribution in [-0.4, -0.2) is 33.7 Å². The summed E-state index contributed by atoms with van der Waals surface area (Å²) in [7, 11) is 0. The zero-order chi connectivity index (χ0) is 35.6. The van der Waals surface area contributed by atoms with E-state index in [4.69, 9.17) is 11.6 Å². The van der Waals surface area contributed by atoms with Crippen LogP contribution in [0.1, 0.15) is 41.0 Å². The van der Waals surface area contributed by atoms with Crippen molar-refractivity contribution in [1.29, 1.82) is 0 Å². The number of aromatic hydroxyl groups is 1. The quantitative estimate of drug-likeness (QED) is 0.155. The molecule has 6 atom stereocenters. The van der Waals surface area contributed by atoms with Crippen LogP contribution in [0.3, 0.4) is 0 Å². The van der Waals surface area contributed by atoms with Crippen LogP contribution in [0.5, 0.6) is 5.75 Å². The Hall–Kier alpha value is -5.47. The number of fused-ring (bicyclic) bond motifs is 4. The molecule has 0 bridgehead atoms. The second kappa shape index (κ2) is 12.4. The Kier molecular flexibility index (Phi) is 7.95. The molecule has 2 saturated heterocycles. The van der Waals surface area contributed by atoms with E-state index in [2.05, 4.69) is 12.0 Å². The molecule has 4 aromatic rings. The number of imide groups is 2. The maximum atomic E-state index is 15.3. The van der Waals surface area contributed by atoms with Gasteiger partial charge in [0.05, 0.1) is 34.5 Å². The van der Waals surface area contributed by atoms with Crippen molar-refractivity contribution in [2.24, 2.45) is 23.7 Å². The molecule has 2 aliphatic carbocycles. The lowest BCUT2D eigenvalue weighted by molar-refractivity contribution is -0.138. The van der Waals surface area contributed by atoms with Crippen molar-refractivity contribution in [3.05, 3.63) is 149 Å². The standard InChI is InChI=1S/C42H36ClN3O5/c1-3-8-25-9-7-12-32(37(25)47)36-30-21-22-31-35(40(50)45(38(31)48)29-19-15-27(43)16-20-29)33(30)23-34-39(49)46(44-28-17-13-24(2)14-18-28)41(51)42(34,36)26-10-5-4-6-11-26/h3-7,9-21,31,33-36,44,47H,1,8,22-23H2,2H3. The fraction of sp³-hybridized carbons (Fsp3) is 0.238. The van der Waals surface area contributed by atoms with Crippen molar-refractivity contribution in [3.63, 3.8) is 0 Å². The van der Waals surface area contributed by atoms with Gasteiger partial charge in [0.2, 0.25) is 11.8 Å². The Morgan fingerprint density at radius 3 is 2.31 bits per heavy atom. The number of halogens is 1. The fourth-order valence-corrected chi connectivity index (χ4v) is 9.23. The minimum Gasteiger partial charge on any atom is -0.507 e. The number of benzene rings is 4. The van der Waals surface area contributed by atoms with Gasteiger partial charge in [-0.05, 0) is 79.6 Å². The Balaban J connectivity index is 1.34. The van der Waals surface area contributed by atoms with Gasteiger partial charge in [-0.3, -0.25) is 29.5 Å². The molecule has 0 radical (unpaired) electrons. The third-order valence-corrected chi connectivity index (χ3v) is 11.6. The summed E-state index contributed by atoms with van der Waals surface area (Å²) in [6.45, 7) is 5.82. The molecule has 8 nitrogen and oxygen atoms in total. The number of nitrogens with one attached hydrogen (secondary N) is 1. The van der Waals surface area contributed by atoms with Crippen molar-refractivity contribution < 1.29 is 24.3 Å². The number of para-hydroxylation sites is 1. The molecule has 8 rings (SSSR count). The van der Waals surface area contributed by atoms with Crippen LogP contribution in [-0.2, 0) is 31.0 Å². The summed E-state index contributed by atoms with van der Waals surface area (Å²) in [4.78, 5) is 59.9. The van der Waals surface area contributed by atoms with Crippen LogP contribution in [0.2, 0.25) is 5.02 Å². The van der Waals surface area contributed by atoms with E-state index in [1.54, 1.807) is 36.4 Å². The number of phenolic OH excluding ortho intramolecular Hbond substituents is 1. The number of nitrogens with zero attached hydrogens (tertiary/aromatic N) is 2. The topological polar surface area (TPSA) is 107 Å². The van der Waals surface area contributed by atoms with E-state index in [0.717, 1.165) is 16.1 Å². The number of hydrogen-bond acceptors (Lipinski definition) is 6. The smallest absolute Gasteiger partial charge is 0.260 e. The number of hydrogen-bond donors (Lipinski definition) is 2. The van der Waals surface area contributed by atoms with Gasteiger partial charge in [0.25, 0.3) is 11.8 Å². The van der Waals surface area contributed by atoms with E-state index >= 15 is 4.79 Å². The lowest BCUT2D eigenvalue weighted by atomic mass is 9.49. The average molecular weight is 698 g/mol. The molecule has 3 fully saturated rings. The van der Waals surface area contributed by atoms with Crippen LogP contribution >= 0.6 is 11.6 Å². The molecule has 256 valence electrons. The molecular weight excluding hydrogens is 662 g/mol. The molecular formula is C42H36ClN3O5. The summed E-state index contributed by atoms with van der Waals surface area (Å²) in [6, 6.07) is 28.8. The predicted octanol–water partition coefficient (Wildman–Crippen LogP) is 7.27. The van der Waals surface area contributed by atoms with Crippen LogP contribution < -0.4 is 10.3 Å². The number of phenols is 1. The van der Waals surface area contributed by atoms with Gasteiger partial charge in [-0.1, -0.05) is 95.6 Å². The van der Waals surface area contributed by atoms with Crippen LogP contribution in [0.15, 0.2) is 121 Å². The van der Waals surface area contributed by atoms with E-state index in [1.165, 1.54) is 4.90 Å². The molecule has 2 N–H and O–H groups in total. The van der Waals surface area contributed by atoms with Gasteiger partial charge in [-0.2, -0.15) is 5.01 Å². The van der Waals surface area contributed by atoms with E-state index < -0.39 is 46.8 Å². The molecule has 2 heterocycles. The number of carbonyl (C=O) groups is 4. The Bertz CT molecular complexity index is 2130. The number of carbonyl (C=O) groups excluding carboxylic acids is 4. The average Bonchev–Trinajstić information content (AvgIpc) is 3.52. The van der Waals surface area contributed by atoms with Crippen LogP contribution in [0, 0.1) is 30.6 Å². The lowest BCUT2D eigenvalue weighted by Gasteiger charge is -2.50. The first kappa shape index (κ1) is 32.7. The lowest BCUT2D eigenvalue weighted by Crippen LogP contribution is -2.53. The Morgan fingerprint density at radius 2 is 1.61 bits per heavy atom.